The molecule has 0 aromatic carbocycles. The molecule has 18 heavy (non-hydrogen) atoms. The molecule has 2 heterocycles. The number of nitrogens with zero attached hydrogens (tertiary/aromatic N) is 2. The van der Waals surface area contributed by atoms with E-state index in [1.807, 2.05) is 20.8 Å². The lowest BCUT2D eigenvalue weighted by molar-refractivity contribution is 0.207. The predicted octanol–water partition coefficient (Wildman–Crippen LogP) is 0.652. The summed E-state index contributed by atoms with van der Waals surface area (Å²) in [6.07, 6.45) is -0.828. The Morgan fingerprint density at radius 1 is 1.17 bits per heavy atom. The van der Waals surface area contributed by atoms with E-state index < -0.39 is 15.9 Å². The number of sulfone groups is 1. The fourth-order valence-corrected chi connectivity index (χ4v) is 5.37. The Kier molecular flexibility index (Phi) is 3.66. The van der Waals surface area contributed by atoms with Crippen molar-refractivity contribution in [1.82, 2.24) is 9.97 Å². The summed E-state index contributed by atoms with van der Waals surface area (Å²) in [5, 5.41) is 9.90. The Morgan fingerprint density at radius 2 is 1.72 bits per heavy atom. The minimum absolute atomic E-state index is 0.00579. The Hall–Kier alpha value is -0.660. The van der Waals surface area contributed by atoms with Crippen molar-refractivity contribution in [3.05, 3.63) is 17.0 Å². The highest BCUT2D eigenvalue weighted by atomic mass is 32.2. The van der Waals surface area contributed by atoms with Gasteiger partial charge in [-0.3, -0.25) is 0 Å². The molecule has 1 N–H and O–H groups in total. The van der Waals surface area contributed by atoms with E-state index in [0.717, 1.165) is 17.0 Å². The Morgan fingerprint density at radius 3 is 2.17 bits per heavy atom. The molecule has 5 nitrogen and oxygen atoms in total. The maximum Gasteiger partial charge on any atom is 0.188 e. The van der Waals surface area contributed by atoms with Crippen LogP contribution in [0.4, 0.5) is 0 Å². The second-order valence-electron chi connectivity index (χ2n) is 4.60. The molecule has 1 saturated heterocycles. The highest BCUT2D eigenvalue weighted by Crippen LogP contribution is 2.29. The molecule has 0 amide bonds. The van der Waals surface area contributed by atoms with Crippen molar-refractivity contribution in [3.8, 4) is 0 Å². The van der Waals surface area contributed by atoms with Crippen molar-refractivity contribution < 1.29 is 13.5 Å². The largest absolute Gasteiger partial charge is 0.391 e. The first-order chi connectivity index (χ1) is 8.28. The van der Waals surface area contributed by atoms with E-state index in [2.05, 4.69) is 9.97 Å². The van der Waals surface area contributed by atoms with Crippen molar-refractivity contribution in [2.24, 2.45) is 0 Å². The van der Waals surface area contributed by atoms with Gasteiger partial charge in [-0.25, -0.2) is 18.4 Å². The molecule has 1 aliphatic heterocycles. The van der Waals surface area contributed by atoms with Crippen LogP contribution < -0.4 is 0 Å². The Labute approximate surface area is 111 Å². The molecular weight excluding hydrogens is 272 g/mol. The Balaban J connectivity index is 2.20. The SMILES string of the molecule is Cc1nc(SC2CS(=O)(=O)CC2O)nc(C)c1C. The van der Waals surface area contributed by atoms with E-state index in [1.54, 1.807) is 0 Å². The first-order valence-electron chi connectivity index (χ1n) is 5.65. The normalized spacial score (nSPS) is 26.4. The molecule has 100 valence electrons. The number of thioether (sulfide) groups is 1. The van der Waals surface area contributed by atoms with Crippen LogP contribution in [0.5, 0.6) is 0 Å². The standard InChI is InChI=1S/C11H16N2O3S2/c1-6-7(2)12-11(13-8(6)3)17-10-5-18(15,16)4-9(10)14/h9-10,14H,4-5H2,1-3H3. The molecule has 7 heteroatoms. The van der Waals surface area contributed by atoms with E-state index in [9.17, 15) is 13.5 Å². The van der Waals surface area contributed by atoms with Crippen LogP contribution in [0.1, 0.15) is 17.0 Å². The zero-order valence-corrected chi connectivity index (χ0v) is 12.2. The summed E-state index contributed by atoms with van der Waals surface area (Å²) in [6, 6.07) is 0. The van der Waals surface area contributed by atoms with Crippen molar-refractivity contribution in [3.63, 3.8) is 0 Å². The molecule has 0 aliphatic carbocycles. The molecule has 1 aromatic rings. The molecule has 2 unspecified atom stereocenters. The summed E-state index contributed by atoms with van der Waals surface area (Å²) in [5.74, 6) is -0.164. The van der Waals surface area contributed by atoms with Gasteiger partial charge in [-0.05, 0) is 26.3 Å². The van der Waals surface area contributed by atoms with Crippen LogP contribution in [0.3, 0.4) is 0 Å². The molecule has 2 atom stereocenters. The number of aliphatic hydroxyl groups excluding tert-OH is 1. The molecule has 0 saturated carbocycles. The monoisotopic (exact) mass is 288 g/mol. The third kappa shape index (κ3) is 2.84. The van der Waals surface area contributed by atoms with Crippen molar-refractivity contribution in [1.29, 1.82) is 0 Å². The van der Waals surface area contributed by atoms with E-state index >= 15 is 0 Å². The number of hydrogen-bond acceptors (Lipinski definition) is 6. The van der Waals surface area contributed by atoms with Crippen molar-refractivity contribution in [2.75, 3.05) is 11.5 Å². The van der Waals surface area contributed by atoms with Gasteiger partial charge in [-0.2, -0.15) is 0 Å². The van der Waals surface area contributed by atoms with Crippen molar-refractivity contribution >= 4 is 21.6 Å². The molecule has 1 fully saturated rings. The molecule has 0 radical (unpaired) electrons. The highest BCUT2D eigenvalue weighted by molar-refractivity contribution is 8.01. The molecule has 0 spiro atoms. The average Bonchev–Trinajstić information content (AvgIpc) is 2.48. The van der Waals surface area contributed by atoms with Crippen LogP contribution in [-0.2, 0) is 9.84 Å². The summed E-state index contributed by atoms with van der Waals surface area (Å²) < 4.78 is 22.8. The molecule has 1 aliphatic rings. The van der Waals surface area contributed by atoms with Crippen LogP contribution in [-0.4, -0.2) is 46.4 Å². The van der Waals surface area contributed by atoms with Crippen molar-refractivity contribution in [2.45, 2.75) is 37.3 Å². The van der Waals surface area contributed by atoms with Gasteiger partial charge >= 0.3 is 0 Å². The third-order valence-corrected chi connectivity index (χ3v) is 6.25. The maximum atomic E-state index is 11.4. The first kappa shape index (κ1) is 13.8. The van der Waals surface area contributed by atoms with Gasteiger partial charge in [0.15, 0.2) is 15.0 Å². The number of aromatic nitrogens is 2. The van der Waals surface area contributed by atoms with Gasteiger partial charge in [0.25, 0.3) is 0 Å². The lowest BCUT2D eigenvalue weighted by atomic mass is 10.2. The van der Waals surface area contributed by atoms with Gasteiger partial charge in [-0.15, -0.1) is 0 Å². The van der Waals surface area contributed by atoms with E-state index in [0.29, 0.717) is 5.16 Å². The second kappa shape index (κ2) is 4.79. The van der Waals surface area contributed by atoms with E-state index in [-0.39, 0.29) is 16.8 Å². The minimum Gasteiger partial charge on any atom is -0.391 e. The lowest BCUT2D eigenvalue weighted by Gasteiger charge is -2.12. The average molecular weight is 288 g/mol. The summed E-state index contributed by atoms with van der Waals surface area (Å²) in [6.45, 7) is 5.75. The van der Waals surface area contributed by atoms with Gasteiger partial charge < -0.3 is 5.11 Å². The fraction of sp³-hybridized carbons (Fsp3) is 0.636. The fourth-order valence-electron chi connectivity index (χ4n) is 1.84. The third-order valence-electron chi connectivity index (χ3n) is 3.14. The molecule has 1 aromatic heterocycles. The Bertz CT molecular complexity index is 549. The molecule has 2 rings (SSSR count). The number of rotatable bonds is 2. The summed E-state index contributed by atoms with van der Waals surface area (Å²) in [7, 11) is -3.12. The van der Waals surface area contributed by atoms with Crippen LogP contribution in [0.15, 0.2) is 5.16 Å². The van der Waals surface area contributed by atoms with Gasteiger partial charge in [0.05, 0.1) is 22.9 Å². The number of hydrogen-bond donors (Lipinski definition) is 1. The topological polar surface area (TPSA) is 80.2 Å². The lowest BCUT2D eigenvalue weighted by Crippen LogP contribution is -2.20. The highest BCUT2D eigenvalue weighted by Gasteiger charge is 2.37. The number of aliphatic hydroxyl groups is 1. The summed E-state index contributed by atoms with van der Waals surface area (Å²) in [4.78, 5) is 8.65. The summed E-state index contributed by atoms with van der Waals surface area (Å²) in [5.41, 5.74) is 2.82. The second-order valence-corrected chi connectivity index (χ2v) is 7.96. The molecular formula is C11H16N2O3S2. The van der Waals surface area contributed by atoms with Gasteiger partial charge in [0.2, 0.25) is 0 Å². The van der Waals surface area contributed by atoms with Crippen LogP contribution >= 0.6 is 11.8 Å². The van der Waals surface area contributed by atoms with Gasteiger partial charge in [0, 0.05) is 11.4 Å². The summed E-state index contributed by atoms with van der Waals surface area (Å²) >= 11 is 1.25. The quantitative estimate of drug-likeness (QED) is 0.805. The van der Waals surface area contributed by atoms with Crippen LogP contribution in [0, 0.1) is 20.8 Å². The van der Waals surface area contributed by atoms with Gasteiger partial charge in [0.1, 0.15) is 0 Å². The number of aryl methyl sites for hydroxylation is 2. The smallest absolute Gasteiger partial charge is 0.188 e. The van der Waals surface area contributed by atoms with Crippen LogP contribution in [0.25, 0.3) is 0 Å². The minimum atomic E-state index is -3.12. The van der Waals surface area contributed by atoms with E-state index in [4.69, 9.17) is 0 Å². The predicted molar refractivity (Wildman–Crippen MR) is 70.5 cm³/mol. The van der Waals surface area contributed by atoms with Crippen LogP contribution in [0.2, 0.25) is 0 Å². The zero-order valence-electron chi connectivity index (χ0n) is 10.5. The van der Waals surface area contributed by atoms with E-state index in [1.165, 1.54) is 11.8 Å². The first-order valence-corrected chi connectivity index (χ1v) is 8.35. The molecule has 0 bridgehead atoms. The maximum absolute atomic E-state index is 11.4. The zero-order chi connectivity index (χ0) is 13.5. The van der Waals surface area contributed by atoms with Gasteiger partial charge in [-0.1, -0.05) is 11.8 Å².